The quantitative estimate of drug-likeness (QED) is 0.794. The first kappa shape index (κ1) is 10.7. The minimum atomic E-state index is -0.485. The summed E-state index contributed by atoms with van der Waals surface area (Å²) in [5.74, 6) is -0.485. The van der Waals surface area contributed by atoms with Gasteiger partial charge in [0.25, 0.3) is 0 Å². The summed E-state index contributed by atoms with van der Waals surface area (Å²) in [4.78, 5) is 5.44. The molecule has 0 bridgehead atoms. The number of halogens is 1. The number of hydrogen-bond donors (Lipinski definition) is 0. The second-order valence-corrected chi connectivity index (χ2v) is 4.13. The third-order valence-electron chi connectivity index (χ3n) is 1.96. The fourth-order valence-electron chi connectivity index (χ4n) is 1.23. The molecular formula is C12H7FN2S. The van der Waals surface area contributed by atoms with E-state index in [1.807, 2.05) is 18.2 Å². The van der Waals surface area contributed by atoms with Gasteiger partial charge in [-0.15, -0.1) is 0 Å². The lowest BCUT2D eigenvalue weighted by atomic mass is 10.2. The monoisotopic (exact) mass is 230 g/mol. The third-order valence-corrected chi connectivity index (χ3v) is 3.03. The second-order valence-electron chi connectivity index (χ2n) is 3.01. The number of pyridine rings is 1. The van der Waals surface area contributed by atoms with Crippen molar-refractivity contribution in [1.82, 2.24) is 4.98 Å². The number of nitriles is 1. The van der Waals surface area contributed by atoms with Crippen LogP contribution in [0.5, 0.6) is 0 Å². The molecule has 0 aliphatic heterocycles. The first-order chi connectivity index (χ1) is 7.81. The smallest absolute Gasteiger partial charge is 0.142 e. The van der Waals surface area contributed by atoms with Crippen LogP contribution in [-0.2, 0) is 0 Å². The molecule has 0 radical (unpaired) electrons. The van der Waals surface area contributed by atoms with Crippen molar-refractivity contribution in [2.45, 2.75) is 9.79 Å². The highest BCUT2D eigenvalue weighted by molar-refractivity contribution is 7.99. The molecule has 78 valence electrons. The largest absolute Gasteiger partial charge is 0.265 e. The van der Waals surface area contributed by atoms with Gasteiger partial charge in [0.05, 0.1) is 0 Å². The van der Waals surface area contributed by atoms with Gasteiger partial charge in [0.15, 0.2) is 0 Å². The summed E-state index contributed by atoms with van der Waals surface area (Å²) in [6.45, 7) is 0. The third kappa shape index (κ3) is 2.20. The van der Waals surface area contributed by atoms with Crippen LogP contribution in [0.2, 0.25) is 0 Å². The molecule has 0 aliphatic carbocycles. The Hall–Kier alpha value is -1.86. The van der Waals surface area contributed by atoms with Gasteiger partial charge in [0.1, 0.15) is 17.4 Å². The van der Waals surface area contributed by atoms with Crippen molar-refractivity contribution in [2.75, 3.05) is 0 Å². The van der Waals surface area contributed by atoms with E-state index in [-0.39, 0.29) is 5.56 Å². The summed E-state index contributed by atoms with van der Waals surface area (Å²) in [5.41, 5.74) is 0.0873. The maximum absolute atomic E-state index is 13.3. The minimum Gasteiger partial charge on any atom is -0.265 e. The highest BCUT2D eigenvalue weighted by atomic mass is 32.2. The lowest BCUT2D eigenvalue weighted by Crippen LogP contribution is -1.86. The summed E-state index contributed by atoms with van der Waals surface area (Å²) in [5, 5.41) is 8.86. The SMILES string of the molecule is N#Cc1c(F)cccc1Sc1ccncc1. The van der Waals surface area contributed by atoms with Crippen LogP contribution in [0, 0.1) is 17.1 Å². The Labute approximate surface area is 96.8 Å². The van der Waals surface area contributed by atoms with Crippen LogP contribution >= 0.6 is 11.8 Å². The fourth-order valence-corrected chi connectivity index (χ4v) is 2.13. The normalized spacial score (nSPS) is 9.75. The van der Waals surface area contributed by atoms with E-state index in [9.17, 15) is 4.39 Å². The Morgan fingerprint density at radius 1 is 1.19 bits per heavy atom. The summed E-state index contributed by atoms with van der Waals surface area (Å²) in [7, 11) is 0. The fraction of sp³-hybridized carbons (Fsp3) is 0. The van der Waals surface area contributed by atoms with Crippen molar-refractivity contribution < 1.29 is 4.39 Å². The van der Waals surface area contributed by atoms with Crippen molar-refractivity contribution in [3.8, 4) is 6.07 Å². The van der Waals surface area contributed by atoms with Gasteiger partial charge >= 0.3 is 0 Å². The second kappa shape index (κ2) is 4.77. The number of hydrogen-bond acceptors (Lipinski definition) is 3. The van der Waals surface area contributed by atoms with Gasteiger partial charge in [0, 0.05) is 22.2 Å². The van der Waals surface area contributed by atoms with Crippen molar-refractivity contribution >= 4 is 11.8 Å². The van der Waals surface area contributed by atoms with Crippen LogP contribution in [0.3, 0.4) is 0 Å². The molecule has 0 spiro atoms. The summed E-state index contributed by atoms with van der Waals surface area (Å²) in [6.07, 6.45) is 3.32. The molecular weight excluding hydrogens is 223 g/mol. The molecule has 4 heteroatoms. The van der Waals surface area contributed by atoms with Gasteiger partial charge in [-0.3, -0.25) is 4.98 Å². The highest BCUT2D eigenvalue weighted by Gasteiger charge is 2.08. The van der Waals surface area contributed by atoms with E-state index in [2.05, 4.69) is 4.98 Å². The topological polar surface area (TPSA) is 36.7 Å². The van der Waals surface area contributed by atoms with Crippen molar-refractivity contribution in [2.24, 2.45) is 0 Å². The number of benzene rings is 1. The lowest BCUT2D eigenvalue weighted by Gasteiger charge is -2.03. The zero-order valence-corrected chi connectivity index (χ0v) is 9.04. The zero-order chi connectivity index (χ0) is 11.4. The van der Waals surface area contributed by atoms with Gasteiger partial charge in [-0.25, -0.2) is 4.39 Å². The molecule has 2 aromatic rings. The Bertz CT molecular complexity index is 534. The lowest BCUT2D eigenvalue weighted by molar-refractivity contribution is 0.620. The number of aromatic nitrogens is 1. The Kier molecular flexibility index (Phi) is 3.18. The van der Waals surface area contributed by atoms with E-state index in [1.165, 1.54) is 17.8 Å². The van der Waals surface area contributed by atoms with Gasteiger partial charge in [-0.2, -0.15) is 5.26 Å². The molecule has 0 unspecified atom stereocenters. The molecule has 0 fully saturated rings. The van der Waals surface area contributed by atoms with E-state index in [4.69, 9.17) is 5.26 Å². The molecule has 0 N–H and O–H groups in total. The van der Waals surface area contributed by atoms with Crippen molar-refractivity contribution in [3.05, 3.63) is 54.1 Å². The van der Waals surface area contributed by atoms with Crippen LogP contribution in [0.25, 0.3) is 0 Å². The van der Waals surface area contributed by atoms with E-state index in [1.54, 1.807) is 24.5 Å². The molecule has 1 aromatic heterocycles. The number of rotatable bonds is 2. The van der Waals surface area contributed by atoms with Crippen LogP contribution in [0.15, 0.2) is 52.5 Å². The average Bonchev–Trinajstić information content (AvgIpc) is 2.31. The Balaban J connectivity index is 2.36. The summed E-state index contributed by atoms with van der Waals surface area (Å²) < 4.78 is 13.3. The van der Waals surface area contributed by atoms with Gasteiger partial charge in [0.2, 0.25) is 0 Å². The first-order valence-corrected chi connectivity index (χ1v) is 5.39. The van der Waals surface area contributed by atoms with Crippen LogP contribution in [0.4, 0.5) is 4.39 Å². The molecule has 2 nitrogen and oxygen atoms in total. The van der Waals surface area contributed by atoms with E-state index >= 15 is 0 Å². The molecule has 0 saturated carbocycles. The summed E-state index contributed by atoms with van der Waals surface area (Å²) in [6, 6.07) is 10.1. The Morgan fingerprint density at radius 2 is 1.94 bits per heavy atom. The van der Waals surface area contributed by atoms with E-state index in [0.717, 1.165) is 4.90 Å². The predicted octanol–water partition coefficient (Wildman–Crippen LogP) is 3.24. The van der Waals surface area contributed by atoms with Crippen molar-refractivity contribution in [3.63, 3.8) is 0 Å². The van der Waals surface area contributed by atoms with Crippen LogP contribution in [-0.4, -0.2) is 4.98 Å². The molecule has 2 rings (SSSR count). The molecule has 1 aromatic carbocycles. The average molecular weight is 230 g/mol. The maximum atomic E-state index is 13.3. The maximum Gasteiger partial charge on any atom is 0.142 e. The van der Waals surface area contributed by atoms with E-state index in [0.29, 0.717) is 4.90 Å². The molecule has 0 aliphatic rings. The molecule has 0 amide bonds. The molecule has 0 saturated heterocycles. The standard InChI is InChI=1S/C12H7FN2S/c13-11-2-1-3-12(10(11)8-14)16-9-4-6-15-7-5-9/h1-7H. The van der Waals surface area contributed by atoms with Crippen molar-refractivity contribution in [1.29, 1.82) is 5.26 Å². The summed E-state index contributed by atoms with van der Waals surface area (Å²) >= 11 is 1.35. The number of nitrogens with zero attached hydrogens (tertiary/aromatic N) is 2. The first-order valence-electron chi connectivity index (χ1n) is 4.58. The minimum absolute atomic E-state index is 0.0873. The van der Waals surface area contributed by atoms with Gasteiger partial charge in [-0.1, -0.05) is 17.8 Å². The molecule has 0 atom stereocenters. The highest BCUT2D eigenvalue weighted by Crippen LogP contribution is 2.30. The molecule has 16 heavy (non-hydrogen) atoms. The van der Waals surface area contributed by atoms with Gasteiger partial charge < -0.3 is 0 Å². The predicted molar refractivity (Wildman–Crippen MR) is 59.5 cm³/mol. The van der Waals surface area contributed by atoms with Crippen LogP contribution < -0.4 is 0 Å². The Morgan fingerprint density at radius 3 is 2.62 bits per heavy atom. The van der Waals surface area contributed by atoms with Crippen LogP contribution in [0.1, 0.15) is 5.56 Å². The zero-order valence-electron chi connectivity index (χ0n) is 8.22. The molecule has 1 heterocycles. The van der Waals surface area contributed by atoms with E-state index < -0.39 is 5.82 Å². The van der Waals surface area contributed by atoms with Gasteiger partial charge in [-0.05, 0) is 24.3 Å².